The van der Waals surface area contributed by atoms with Crippen molar-refractivity contribution in [2.24, 2.45) is 5.73 Å². The molecular weight excluding hydrogens is 144 g/mol. The zero-order valence-electron chi connectivity index (χ0n) is 6.00. The Morgan fingerprint density at radius 2 is 2.55 bits per heavy atom. The van der Waals surface area contributed by atoms with Crippen molar-refractivity contribution in [3.05, 3.63) is 24.0 Å². The third-order valence-electron chi connectivity index (χ3n) is 1.12. The minimum Gasteiger partial charge on any atom is -0.496 e. The van der Waals surface area contributed by atoms with E-state index in [0.29, 0.717) is 5.75 Å². The third-order valence-corrected chi connectivity index (χ3v) is 1.12. The maximum absolute atomic E-state index is 10.5. The summed E-state index contributed by atoms with van der Waals surface area (Å²) in [6.07, 6.45) is 1.44. The van der Waals surface area contributed by atoms with E-state index in [-0.39, 0.29) is 5.69 Å². The van der Waals surface area contributed by atoms with Gasteiger partial charge in [0.1, 0.15) is 11.4 Å². The van der Waals surface area contributed by atoms with Crippen LogP contribution < -0.4 is 10.5 Å². The Labute approximate surface area is 64.0 Å². The number of aromatic nitrogens is 1. The molecule has 4 heteroatoms. The molecule has 0 aromatic carbocycles. The molecule has 0 unspecified atom stereocenters. The van der Waals surface area contributed by atoms with Crippen molar-refractivity contribution in [1.29, 1.82) is 0 Å². The lowest BCUT2D eigenvalue weighted by atomic mass is 10.3. The summed E-state index contributed by atoms with van der Waals surface area (Å²) in [6.45, 7) is 0. The van der Waals surface area contributed by atoms with Gasteiger partial charge in [0.15, 0.2) is 0 Å². The SMILES string of the molecule is COc1[c]c(C(N)=O)ncc1. The monoisotopic (exact) mass is 151 g/mol. The van der Waals surface area contributed by atoms with E-state index in [1.54, 1.807) is 6.07 Å². The highest BCUT2D eigenvalue weighted by Gasteiger charge is 2.02. The van der Waals surface area contributed by atoms with Gasteiger partial charge in [0.25, 0.3) is 5.91 Å². The molecule has 0 fully saturated rings. The van der Waals surface area contributed by atoms with E-state index in [1.807, 2.05) is 0 Å². The molecule has 1 aromatic heterocycles. The van der Waals surface area contributed by atoms with Gasteiger partial charge >= 0.3 is 0 Å². The second-order valence-corrected chi connectivity index (χ2v) is 1.85. The Morgan fingerprint density at radius 3 is 3.09 bits per heavy atom. The molecular formula is C7H7N2O2. The highest BCUT2D eigenvalue weighted by Crippen LogP contribution is 2.07. The van der Waals surface area contributed by atoms with Gasteiger partial charge in [-0.3, -0.25) is 9.78 Å². The van der Waals surface area contributed by atoms with Crippen molar-refractivity contribution in [3.63, 3.8) is 0 Å². The maximum atomic E-state index is 10.5. The van der Waals surface area contributed by atoms with Crippen LogP contribution in [-0.2, 0) is 0 Å². The smallest absolute Gasteiger partial charge is 0.268 e. The summed E-state index contributed by atoms with van der Waals surface area (Å²) in [4.78, 5) is 14.2. The summed E-state index contributed by atoms with van der Waals surface area (Å²) in [6, 6.07) is 4.18. The van der Waals surface area contributed by atoms with E-state index >= 15 is 0 Å². The molecule has 0 aliphatic heterocycles. The molecule has 2 N–H and O–H groups in total. The Bertz CT molecular complexity index is 273. The fourth-order valence-electron chi connectivity index (χ4n) is 0.614. The van der Waals surface area contributed by atoms with Crippen LogP contribution in [0.2, 0.25) is 0 Å². The molecule has 57 valence electrons. The topological polar surface area (TPSA) is 65.2 Å². The Hall–Kier alpha value is -1.58. The minimum atomic E-state index is -0.607. The number of carbonyl (C=O) groups is 1. The first-order chi connectivity index (χ1) is 5.24. The van der Waals surface area contributed by atoms with E-state index in [9.17, 15) is 4.79 Å². The van der Waals surface area contributed by atoms with E-state index in [2.05, 4.69) is 11.1 Å². The van der Waals surface area contributed by atoms with Gasteiger partial charge in [0.05, 0.1) is 13.2 Å². The molecule has 1 radical (unpaired) electrons. The van der Waals surface area contributed by atoms with Gasteiger partial charge in [0, 0.05) is 6.20 Å². The summed E-state index contributed by atoms with van der Waals surface area (Å²) in [5.41, 5.74) is 5.04. The fraction of sp³-hybridized carbons (Fsp3) is 0.143. The molecule has 0 aliphatic rings. The van der Waals surface area contributed by atoms with Crippen LogP contribution in [0, 0.1) is 6.07 Å². The number of methoxy groups -OCH3 is 1. The number of primary amides is 1. The number of amides is 1. The molecule has 0 atom stereocenters. The fourth-order valence-corrected chi connectivity index (χ4v) is 0.614. The zero-order chi connectivity index (χ0) is 8.27. The summed E-state index contributed by atoms with van der Waals surface area (Å²) in [7, 11) is 1.48. The van der Waals surface area contributed by atoms with Crippen molar-refractivity contribution >= 4 is 5.91 Å². The van der Waals surface area contributed by atoms with Crippen molar-refractivity contribution in [1.82, 2.24) is 4.98 Å². The van der Waals surface area contributed by atoms with E-state index in [1.165, 1.54) is 13.3 Å². The molecule has 1 rings (SSSR count). The van der Waals surface area contributed by atoms with E-state index in [4.69, 9.17) is 10.5 Å². The maximum Gasteiger partial charge on any atom is 0.268 e. The quantitative estimate of drug-likeness (QED) is 0.646. The largest absolute Gasteiger partial charge is 0.496 e. The number of nitrogens with zero attached hydrogens (tertiary/aromatic N) is 1. The lowest BCUT2D eigenvalue weighted by molar-refractivity contribution is 0.0995. The first kappa shape index (κ1) is 7.53. The van der Waals surface area contributed by atoms with Gasteiger partial charge in [-0.2, -0.15) is 0 Å². The lowest BCUT2D eigenvalue weighted by Gasteiger charge is -1.97. The first-order valence-electron chi connectivity index (χ1n) is 2.96. The van der Waals surface area contributed by atoms with Crippen LogP contribution in [0.15, 0.2) is 12.3 Å². The Balaban J connectivity index is 3.01. The van der Waals surface area contributed by atoms with Gasteiger partial charge in [-0.05, 0) is 6.07 Å². The molecule has 0 saturated heterocycles. The van der Waals surface area contributed by atoms with E-state index in [0.717, 1.165) is 0 Å². The molecule has 1 amide bonds. The molecule has 0 bridgehead atoms. The third kappa shape index (κ3) is 1.67. The van der Waals surface area contributed by atoms with Gasteiger partial charge in [-0.15, -0.1) is 0 Å². The number of carbonyl (C=O) groups excluding carboxylic acids is 1. The second-order valence-electron chi connectivity index (χ2n) is 1.85. The van der Waals surface area contributed by atoms with Crippen LogP contribution in [0.3, 0.4) is 0 Å². The highest BCUT2D eigenvalue weighted by atomic mass is 16.5. The average Bonchev–Trinajstić information content (AvgIpc) is 2.05. The number of nitrogens with two attached hydrogens (primary N) is 1. The molecule has 0 aliphatic carbocycles. The van der Waals surface area contributed by atoms with Crippen molar-refractivity contribution in [3.8, 4) is 5.75 Å². The van der Waals surface area contributed by atoms with Gasteiger partial charge in [0.2, 0.25) is 0 Å². The summed E-state index contributed by atoms with van der Waals surface area (Å²) >= 11 is 0. The Morgan fingerprint density at radius 1 is 1.82 bits per heavy atom. The summed E-state index contributed by atoms with van der Waals surface area (Å²) in [5.74, 6) is -0.155. The standard InChI is InChI=1S/C7H7N2O2/c1-11-5-2-3-9-6(4-5)7(8)10/h2-3H,1H3,(H2,8,10). The summed E-state index contributed by atoms with van der Waals surface area (Å²) in [5, 5.41) is 0. The first-order valence-corrected chi connectivity index (χ1v) is 2.96. The van der Waals surface area contributed by atoms with Crippen LogP contribution in [0.5, 0.6) is 5.75 Å². The molecule has 1 heterocycles. The molecule has 1 aromatic rings. The van der Waals surface area contributed by atoms with Crippen LogP contribution in [0.1, 0.15) is 10.5 Å². The van der Waals surface area contributed by atoms with Crippen molar-refractivity contribution in [2.75, 3.05) is 7.11 Å². The van der Waals surface area contributed by atoms with Gasteiger partial charge < -0.3 is 10.5 Å². The summed E-state index contributed by atoms with van der Waals surface area (Å²) < 4.78 is 4.80. The van der Waals surface area contributed by atoms with Gasteiger partial charge in [-0.1, -0.05) is 0 Å². The van der Waals surface area contributed by atoms with Crippen molar-refractivity contribution in [2.45, 2.75) is 0 Å². The molecule has 4 nitrogen and oxygen atoms in total. The number of hydrogen-bond donors (Lipinski definition) is 1. The zero-order valence-corrected chi connectivity index (χ0v) is 6.00. The molecule has 11 heavy (non-hydrogen) atoms. The predicted molar refractivity (Wildman–Crippen MR) is 38.1 cm³/mol. The number of pyridine rings is 1. The Kier molecular flexibility index (Phi) is 2.06. The number of rotatable bonds is 2. The van der Waals surface area contributed by atoms with Crippen LogP contribution >= 0.6 is 0 Å². The lowest BCUT2D eigenvalue weighted by Crippen LogP contribution is -2.12. The number of hydrogen-bond acceptors (Lipinski definition) is 3. The van der Waals surface area contributed by atoms with Crippen molar-refractivity contribution < 1.29 is 9.53 Å². The average molecular weight is 151 g/mol. The van der Waals surface area contributed by atoms with Crippen LogP contribution in [0.25, 0.3) is 0 Å². The molecule has 0 saturated carbocycles. The molecule has 0 spiro atoms. The van der Waals surface area contributed by atoms with Crippen LogP contribution in [0.4, 0.5) is 0 Å². The minimum absolute atomic E-state index is 0.0874. The van der Waals surface area contributed by atoms with Crippen LogP contribution in [-0.4, -0.2) is 18.0 Å². The predicted octanol–water partition coefficient (Wildman–Crippen LogP) is -0.0107. The second kappa shape index (κ2) is 3.01. The van der Waals surface area contributed by atoms with E-state index < -0.39 is 5.91 Å². The van der Waals surface area contributed by atoms with Gasteiger partial charge in [-0.25, -0.2) is 0 Å². The normalized spacial score (nSPS) is 9.18. The number of ether oxygens (including phenoxy) is 1. The highest BCUT2D eigenvalue weighted by molar-refractivity contribution is 5.90.